The highest BCUT2D eigenvalue weighted by Gasteiger charge is 2.19. The van der Waals surface area contributed by atoms with Gasteiger partial charge in [-0.25, -0.2) is 0 Å². The third kappa shape index (κ3) is 6.03. The minimum atomic E-state index is 0.0782. The van der Waals surface area contributed by atoms with Gasteiger partial charge in [0.15, 0.2) is 0 Å². The average Bonchev–Trinajstić information content (AvgIpc) is 3.36. The van der Waals surface area contributed by atoms with E-state index in [1.54, 1.807) is 17.4 Å². The molecule has 2 aromatic carbocycles. The number of piperazine rings is 1. The van der Waals surface area contributed by atoms with Crippen LogP contribution in [0.5, 0.6) is 11.5 Å². The molecule has 1 aliphatic heterocycles. The second kappa shape index (κ2) is 11.4. The van der Waals surface area contributed by atoms with Crippen molar-refractivity contribution in [3.8, 4) is 11.5 Å². The lowest BCUT2D eigenvalue weighted by atomic mass is 10.1. The van der Waals surface area contributed by atoms with Gasteiger partial charge in [-0.15, -0.1) is 11.3 Å². The van der Waals surface area contributed by atoms with E-state index in [4.69, 9.17) is 4.74 Å². The van der Waals surface area contributed by atoms with Crippen molar-refractivity contribution in [3.63, 3.8) is 0 Å². The molecule has 1 aromatic heterocycles. The molecule has 1 atom stereocenters. The molecule has 2 heterocycles. The molecule has 5 nitrogen and oxygen atoms in total. The third-order valence-corrected chi connectivity index (χ3v) is 6.99. The van der Waals surface area contributed by atoms with Gasteiger partial charge in [-0.3, -0.25) is 4.90 Å². The van der Waals surface area contributed by atoms with Gasteiger partial charge in [-0.2, -0.15) is 0 Å². The number of nitrogens with one attached hydrogen (secondary N) is 1. The Hall–Kier alpha value is -2.54. The van der Waals surface area contributed by atoms with E-state index >= 15 is 0 Å². The van der Waals surface area contributed by atoms with Crippen LogP contribution < -0.4 is 15.0 Å². The maximum atomic E-state index is 9.75. The van der Waals surface area contributed by atoms with Crippen molar-refractivity contribution in [1.29, 1.82) is 0 Å². The second-order valence-corrected chi connectivity index (χ2v) is 9.20. The number of rotatable bonds is 10. The van der Waals surface area contributed by atoms with Crippen LogP contribution in [0.25, 0.3) is 0 Å². The first-order valence-electron chi connectivity index (χ1n) is 11.4. The van der Waals surface area contributed by atoms with Crippen LogP contribution in [0.1, 0.15) is 23.0 Å². The minimum Gasteiger partial charge on any atom is -0.508 e. The van der Waals surface area contributed by atoms with Crippen LogP contribution in [0.15, 0.2) is 66.0 Å². The molecular weight excluding hydrogens is 418 g/mol. The van der Waals surface area contributed by atoms with Crippen LogP contribution in [0.4, 0.5) is 5.69 Å². The summed E-state index contributed by atoms with van der Waals surface area (Å²) in [6.07, 6.45) is 2.00. The van der Waals surface area contributed by atoms with Gasteiger partial charge in [0, 0.05) is 55.8 Å². The summed E-state index contributed by atoms with van der Waals surface area (Å²) in [5.74, 6) is 1.33. The van der Waals surface area contributed by atoms with Gasteiger partial charge >= 0.3 is 0 Å². The van der Waals surface area contributed by atoms with Crippen LogP contribution in [0.2, 0.25) is 0 Å². The van der Waals surface area contributed by atoms with Gasteiger partial charge in [0.25, 0.3) is 0 Å². The number of ether oxygens (including phenoxy) is 1. The van der Waals surface area contributed by atoms with E-state index in [9.17, 15) is 5.11 Å². The predicted octanol–water partition coefficient (Wildman–Crippen LogP) is 4.55. The molecule has 170 valence electrons. The third-order valence-electron chi connectivity index (χ3n) is 6.02. The molecule has 1 unspecified atom stereocenters. The summed E-state index contributed by atoms with van der Waals surface area (Å²) >= 11 is 1.76. The SMILES string of the molecule is CNCCC(Oc1ccccc1CCN1CCN(c2cccc(O)c2)CC1)c1cccs1. The number of anilines is 1. The topological polar surface area (TPSA) is 48.0 Å². The summed E-state index contributed by atoms with van der Waals surface area (Å²) in [7, 11) is 1.99. The summed E-state index contributed by atoms with van der Waals surface area (Å²) in [4.78, 5) is 6.15. The van der Waals surface area contributed by atoms with Crippen LogP contribution in [-0.2, 0) is 6.42 Å². The molecule has 2 N–H and O–H groups in total. The molecule has 0 radical (unpaired) electrons. The van der Waals surface area contributed by atoms with Crippen LogP contribution >= 0.6 is 11.3 Å². The Morgan fingerprint density at radius 2 is 1.88 bits per heavy atom. The Labute approximate surface area is 195 Å². The van der Waals surface area contributed by atoms with Gasteiger partial charge in [0.2, 0.25) is 0 Å². The summed E-state index contributed by atoms with van der Waals surface area (Å²) < 4.78 is 6.54. The number of hydrogen-bond donors (Lipinski definition) is 2. The zero-order valence-electron chi connectivity index (χ0n) is 18.7. The molecule has 3 aromatic rings. The number of benzene rings is 2. The van der Waals surface area contributed by atoms with Crippen molar-refractivity contribution < 1.29 is 9.84 Å². The standard InChI is InChI=1S/C26H33N3O2S/c1-27-13-11-25(26-10-5-19-32-26)31-24-9-3-2-6-21(24)12-14-28-15-17-29(18-16-28)22-7-4-8-23(30)20-22/h2-10,19-20,25,27,30H,11-18H2,1H3. The molecule has 0 spiro atoms. The summed E-state index contributed by atoms with van der Waals surface area (Å²) in [6.45, 7) is 5.96. The highest BCUT2D eigenvalue weighted by atomic mass is 32.1. The Morgan fingerprint density at radius 3 is 2.62 bits per heavy atom. The van der Waals surface area contributed by atoms with E-state index in [2.05, 4.69) is 63.0 Å². The Kier molecular flexibility index (Phi) is 8.04. The molecule has 1 saturated heterocycles. The van der Waals surface area contributed by atoms with Gasteiger partial charge < -0.3 is 20.1 Å². The minimum absolute atomic E-state index is 0.0782. The van der Waals surface area contributed by atoms with Crippen molar-refractivity contribution in [2.75, 3.05) is 51.2 Å². The molecule has 6 heteroatoms. The lowest BCUT2D eigenvalue weighted by Gasteiger charge is -2.36. The van der Waals surface area contributed by atoms with Crippen LogP contribution in [0, 0.1) is 0 Å². The van der Waals surface area contributed by atoms with E-state index in [-0.39, 0.29) is 6.10 Å². The number of phenolic OH excluding ortho intramolecular Hbond substituents is 1. The molecule has 1 aliphatic rings. The number of para-hydroxylation sites is 1. The van der Waals surface area contributed by atoms with Gasteiger partial charge in [-0.1, -0.05) is 30.3 Å². The number of nitrogens with zero attached hydrogens (tertiary/aromatic N) is 2. The fourth-order valence-corrected chi connectivity index (χ4v) is 4.97. The van der Waals surface area contributed by atoms with E-state index < -0.39 is 0 Å². The second-order valence-electron chi connectivity index (χ2n) is 8.22. The van der Waals surface area contributed by atoms with Crippen LogP contribution in [-0.4, -0.2) is 56.3 Å². The van der Waals surface area contributed by atoms with E-state index in [0.29, 0.717) is 5.75 Å². The fourth-order valence-electron chi connectivity index (χ4n) is 4.19. The first-order chi connectivity index (χ1) is 15.7. The highest BCUT2D eigenvalue weighted by molar-refractivity contribution is 7.10. The molecule has 0 bridgehead atoms. The zero-order chi connectivity index (χ0) is 22.2. The smallest absolute Gasteiger partial charge is 0.134 e. The lowest BCUT2D eigenvalue weighted by Crippen LogP contribution is -2.47. The van der Waals surface area contributed by atoms with Gasteiger partial charge in [0.05, 0.1) is 0 Å². The summed E-state index contributed by atoms with van der Waals surface area (Å²) in [6, 6.07) is 20.3. The number of thiophene rings is 1. The predicted molar refractivity (Wildman–Crippen MR) is 133 cm³/mol. The number of phenols is 1. The van der Waals surface area contributed by atoms with E-state index in [1.165, 1.54) is 10.4 Å². The fraction of sp³-hybridized carbons (Fsp3) is 0.385. The first-order valence-corrected chi connectivity index (χ1v) is 12.3. The maximum Gasteiger partial charge on any atom is 0.134 e. The largest absolute Gasteiger partial charge is 0.508 e. The molecular formula is C26H33N3O2S. The molecule has 4 rings (SSSR count). The quantitative estimate of drug-likeness (QED) is 0.474. The Morgan fingerprint density at radius 1 is 1.03 bits per heavy atom. The first kappa shape index (κ1) is 22.6. The Balaban J connectivity index is 1.33. The molecule has 1 fully saturated rings. The summed E-state index contributed by atoms with van der Waals surface area (Å²) in [5, 5.41) is 15.1. The number of hydrogen-bond acceptors (Lipinski definition) is 6. The van der Waals surface area contributed by atoms with Crippen molar-refractivity contribution in [1.82, 2.24) is 10.2 Å². The van der Waals surface area contributed by atoms with E-state index in [1.807, 2.05) is 19.2 Å². The monoisotopic (exact) mass is 451 g/mol. The highest BCUT2D eigenvalue weighted by Crippen LogP contribution is 2.30. The summed E-state index contributed by atoms with van der Waals surface area (Å²) in [5.41, 5.74) is 2.37. The molecule has 0 amide bonds. The van der Waals surface area contributed by atoms with Gasteiger partial charge in [-0.05, 0) is 55.2 Å². The van der Waals surface area contributed by atoms with Crippen molar-refractivity contribution >= 4 is 17.0 Å². The van der Waals surface area contributed by atoms with E-state index in [0.717, 1.165) is 63.5 Å². The molecule has 32 heavy (non-hydrogen) atoms. The van der Waals surface area contributed by atoms with Crippen molar-refractivity contribution in [3.05, 3.63) is 76.5 Å². The maximum absolute atomic E-state index is 9.75. The average molecular weight is 452 g/mol. The molecule has 0 aliphatic carbocycles. The zero-order valence-corrected chi connectivity index (χ0v) is 19.6. The normalized spacial score (nSPS) is 15.6. The number of aromatic hydroxyl groups is 1. The van der Waals surface area contributed by atoms with Crippen molar-refractivity contribution in [2.45, 2.75) is 18.9 Å². The van der Waals surface area contributed by atoms with Crippen molar-refractivity contribution in [2.24, 2.45) is 0 Å². The molecule has 0 saturated carbocycles. The lowest BCUT2D eigenvalue weighted by molar-refractivity contribution is 0.195. The Bertz CT molecular complexity index is 955. The van der Waals surface area contributed by atoms with Gasteiger partial charge in [0.1, 0.15) is 17.6 Å². The van der Waals surface area contributed by atoms with Crippen LogP contribution in [0.3, 0.4) is 0 Å².